The number of rotatable bonds is 9. The van der Waals surface area contributed by atoms with Crippen LogP contribution in [0.1, 0.15) is 75.8 Å². The lowest BCUT2D eigenvalue weighted by molar-refractivity contribution is -0.134. The molecule has 60 heavy (non-hydrogen) atoms. The molecular weight excluding hydrogens is 764 g/mol. The van der Waals surface area contributed by atoms with Gasteiger partial charge in [-0.1, -0.05) is 18.2 Å². The number of piperidine rings is 1. The topological polar surface area (TPSA) is 170 Å². The SMILES string of the molecule is Cn1nc(C2CCC(=O)NC2=O)c2ccc(N3CCN(C4CCC(NC(=O)[C@H]5CC[C@H](Nc6ncc(F)c(-c7cccc(-c8ccc[nH]c8=O)c7)n6)CC5)CC4)CC3)cc21. The minimum Gasteiger partial charge on any atom is -0.369 e. The molecule has 5 aromatic rings. The second-order valence-corrected chi connectivity index (χ2v) is 16.8. The number of hydrogen-bond acceptors (Lipinski definition) is 10. The monoisotopic (exact) mass is 814 g/mol. The maximum Gasteiger partial charge on any atom is 0.255 e. The number of aromatic nitrogens is 5. The van der Waals surface area contributed by atoms with E-state index in [1.165, 1.54) is 6.20 Å². The molecule has 2 aliphatic carbocycles. The number of H-pyrrole nitrogens is 1. The number of aryl methyl sites for hydroxylation is 1. The van der Waals surface area contributed by atoms with E-state index in [0.29, 0.717) is 41.5 Å². The van der Waals surface area contributed by atoms with Crippen LogP contribution in [0.2, 0.25) is 0 Å². The van der Waals surface area contributed by atoms with Gasteiger partial charge in [-0.15, -0.1) is 0 Å². The van der Waals surface area contributed by atoms with Crippen molar-refractivity contribution in [2.45, 2.75) is 88.3 Å². The highest BCUT2D eigenvalue weighted by Gasteiger charge is 2.34. The number of imide groups is 1. The van der Waals surface area contributed by atoms with Gasteiger partial charge in [0.1, 0.15) is 5.69 Å². The molecule has 15 heteroatoms. The Balaban J connectivity index is 0.720. The first-order chi connectivity index (χ1) is 29.2. The summed E-state index contributed by atoms with van der Waals surface area (Å²) in [6, 6.07) is 17.8. The molecule has 2 aliphatic heterocycles. The zero-order chi connectivity index (χ0) is 41.3. The molecule has 2 saturated heterocycles. The maximum atomic E-state index is 15.0. The number of halogens is 1. The Bertz CT molecular complexity index is 2460. The fourth-order valence-corrected chi connectivity index (χ4v) is 9.74. The molecule has 0 spiro atoms. The van der Waals surface area contributed by atoms with Crippen molar-refractivity contribution < 1.29 is 18.8 Å². The molecule has 1 unspecified atom stereocenters. The molecule has 1 atom stereocenters. The summed E-state index contributed by atoms with van der Waals surface area (Å²) in [6.07, 6.45) is 10.8. The molecule has 3 amide bonds. The van der Waals surface area contributed by atoms with Gasteiger partial charge in [0.15, 0.2) is 5.82 Å². The Morgan fingerprint density at radius 3 is 2.38 bits per heavy atom. The molecule has 4 fully saturated rings. The number of hydrogen-bond donors (Lipinski definition) is 4. The lowest BCUT2D eigenvalue weighted by atomic mass is 9.84. The van der Waals surface area contributed by atoms with Crippen molar-refractivity contribution in [1.29, 1.82) is 0 Å². The summed E-state index contributed by atoms with van der Waals surface area (Å²) < 4.78 is 16.8. The highest BCUT2D eigenvalue weighted by atomic mass is 19.1. The summed E-state index contributed by atoms with van der Waals surface area (Å²) in [4.78, 5) is 66.5. The third kappa shape index (κ3) is 8.27. The fraction of sp³-hybridized carbons (Fsp3) is 0.444. The Morgan fingerprint density at radius 2 is 1.62 bits per heavy atom. The van der Waals surface area contributed by atoms with Gasteiger partial charge >= 0.3 is 0 Å². The fourth-order valence-electron chi connectivity index (χ4n) is 9.74. The van der Waals surface area contributed by atoms with Crippen LogP contribution in [0.4, 0.5) is 16.0 Å². The van der Waals surface area contributed by atoms with Crippen LogP contribution >= 0.6 is 0 Å². The molecule has 2 saturated carbocycles. The third-order valence-electron chi connectivity index (χ3n) is 13.1. The van der Waals surface area contributed by atoms with Gasteiger partial charge in [0.25, 0.3) is 5.56 Å². The van der Waals surface area contributed by atoms with Crippen LogP contribution in [-0.4, -0.2) is 91.7 Å². The van der Waals surface area contributed by atoms with Crippen molar-refractivity contribution in [1.82, 2.24) is 40.3 Å². The largest absolute Gasteiger partial charge is 0.369 e. The van der Waals surface area contributed by atoms with Gasteiger partial charge < -0.3 is 20.5 Å². The summed E-state index contributed by atoms with van der Waals surface area (Å²) in [5.41, 5.74) is 4.53. The van der Waals surface area contributed by atoms with Gasteiger partial charge in [-0.05, 0) is 99.7 Å². The van der Waals surface area contributed by atoms with Gasteiger partial charge in [-0.2, -0.15) is 5.10 Å². The second kappa shape index (κ2) is 17.0. The third-order valence-corrected chi connectivity index (χ3v) is 13.1. The molecule has 14 nitrogen and oxygen atoms in total. The molecule has 5 heterocycles. The van der Waals surface area contributed by atoms with Crippen LogP contribution in [0.25, 0.3) is 33.3 Å². The van der Waals surface area contributed by atoms with Crippen LogP contribution in [0, 0.1) is 11.7 Å². The Kier molecular flexibility index (Phi) is 11.2. The van der Waals surface area contributed by atoms with E-state index < -0.39 is 11.7 Å². The standard InChI is InChI=1S/C45H51FN10O4/c1-54-38-25-33(15-16-35(38)41(53-54)36-17-18-39(57)51-44(36)60)56-22-20-55(21-23-56)32-13-11-30(12-14-32)49-42(58)27-7-9-31(10-8-27)50-45-48-26-37(46)40(52-45)29-5-2-4-28(24-29)34-6-3-19-47-43(34)59/h2-6,15-16,19,24-27,30-32,36H,7-14,17-18,20-23H2,1H3,(H,47,59)(H,49,58)(H,48,50,52)(H,51,57,60)/t27-,30?,31-,32?,36?. The minimum atomic E-state index is -0.544. The van der Waals surface area contributed by atoms with Crippen molar-refractivity contribution >= 4 is 40.3 Å². The number of nitrogens with one attached hydrogen (secondary N) is 4. The van der Waals surface area contributed by atoms with E-state index in [0.717, 1.165) is 99.8 Å². The normalized spacial score (nSPS) is 24.0. The lowest BCUT2D eigenvalue weighted by Crippen LogP contribution is -2.52. The first kappa shape index (κ1) is 39.5. The van der Waals surface area contributed by atoms with Crippen LogP contribution in [0.5, 0.6) is 0 Å². The first-order valence-electron chi connectivity index (χ1n) is 21.3. The summed E-state index contributed by atoms with van der Waals surface area (Å²) in [6.45, 7) is 3.82. The molecule has 312 valence electrons. The Hall–Kier alpha value is -5.96. The second-order valence-electron chi connectivity index (χ2n) is 16.8. The number of pyridine rings is 1. The van der Waals surface area contributed by atoms with Gasteiger partial charge in [-0.25, -0.2) is 14.4 Å². The quantitative estimate of drug-likeness (QED) is 0.144. The van der Waals surface area contributed by atoms with Crippen LogP contribution < -0.4 is 26.4 Å². The number of carbonyl (C=O) groups excluding carboxylic acids is 3. The highest BCUT2D eigenvalue weighted by Crippen LogP contribution is 2.34. The highest BCUT2D eigenvalue weighted by molar-refractivity contribution is 6.02. The number of fused-ring (bicyclic) bond motifs is 1. The van der Waals surface area contributed by atoms with Crippen molar-refractivity contribution in [2.75, 3.05) is 36.4 Å². The predicted octanol–water partition coefficient (Wildman–Crippen LogP) is 5.27. The molecule has 0 radical (unpaired) electrons. The summed E-state index contributed by atoms with van der Waals surface area (Å²) >= 11 is 0. The van der Waals surface area contributed by atoms with Crippen molar-refractivity contribution in [2.24, 2.45) is 13.0 Å². The predicted molar refractivity (Wildman–Crippen MR) is 227 cm³/mol. The van der Waals surface area contributed by atoms with E-state index in [1.807, 2.05) is 17.8 Å². The van der Waals surface area contributed by atoms with Gasteiger partial charge in [0.05, 0.1) is 23.3 Å². The summed E-state index contributed by atoms with van der Waals surface area (Å²) in [7, 11) is 1.91. The van der Waals surface area contributed by atoms with Gasteiger partial charge in [-0.3, -0.25) is 34.1 Å². The molecule has 2 aromatic carbocycles. The lowest BCUT2D eigenvalue weighted by Gasteiger charge is -2.43. The van der Waals surface area contributed by atoms with E-state index >= 15 is 0 Å². The number of benzene rings is 2. The average Bonchev–Trinajstić information content (AvgIpc) is 3.59. The molecule has 0 bridgehead atoms. The Labute approximate surface area is 347 Å². The minimum absolute atomic E-state index is 0.0305. The average molecular weight is 815 g/mol. The van der Waals surface area contributed by atoms with E-state index in [9.17, 15) is 23.6 Å². The van der Waals surface area contributed by atoms with Crippen molar-refractivity contribution in [3.05, 3.63) is 88.9 Å². The van der Waals surface area contributed by atoms with E-state index in [2.05, 4.69) is 58.9 Å². The summed E-state index contributed by atoms with van der Waals surface area (Å²) in [5.74, 6) is -0.988. The van der Waals surface area contributed by atoms with Gasteiger partial charge in [0, 0.05) is 92.1 Å². The number of carbonyl (C=O) groups is 3. The Morgan fingerprint density at radius 1 is 0.850 bits per heavy atom. The van der Waals surface area contributed by atoms with Crippen molar-refractivity contribution in [3.8, 4) is 22.4 Å². The number of aromatic amines is 1. The van der Waals surface area contributed by atoms with E-state index in [-0.39, 0.29) is 47.0 Å². The molecular formula is C45H51FN10O4. The number of piperazine rings is 1. The zero-order valence-corrected chi connectivity index (χ0v) is 33.8. The number of nitrogens with zero attached hydrogens (tertiary/aromatic N) is 6. The first-order valence-corrected chi connectivity index (χ1v) is 21.3. The molecule has 4 N–H and O–H groups in total. The van der Waals surface area contributed by atoms with E-state index in [4.69, 9.17) is 5.10 Å². The molecule has 4 aliphatic rings. The van der Waals surface area contributed by atoms with Crippen LogP contribution in [-0.2, 0) is 21.4 Å². The van der Waals surface area contributed by atoms with Crippen molar-refractivity contribution in [3.63, 3.8) is 0 Å². The van der Waals surface area contributed by atoms with Gasteiger partial charge in [0.2, 0.25) is 23.7 Å². The van der Waals surface area contributed by atoms with Crippen LogP contribution in [0.15, 0.2) is 71.8 Å². The zero-order valence-electron chi connectivity index (χ0n) is 33.8. The van der Waals surface area contributed by atoms with E-state index in [1.54, 1.807) is 36.5 Å². The smallest absolute Gasteiger partial charge is 0.255 e. The molecule has 3 aromatic heterocycles. The summed E-state index contributed by atoms with van der Waals surface area (Å²) in [5, 5.41) is 14.9. The molecule has 9 rings (SSSR count). The van der Waals surface area contributed by atoms with Crippen LogP contribution in [0.3, 0.4) is 0 Å². The number of amides is 3. The maximum absolute atomic E-state index is 15.0. The number of anilines is 2.